The van der Waals surface area contributed by atoms with Crippen molar-refractivity contribution in [2.45, 2.75) is 87.6 Å². The van der Waals surface area contributed by atoms with E-state index in [0.717, 1.165) is 36.5 Å². The predicted octanol–water partition coefficient (Wildman–Crippen LogP) is 3.23. The summed E-state index contributed by atoms with van der Waals surface area (Å²) in [5.74, 6) is -0.430. The topological polar surface area (TPSA) is 144 Å². The number of sulfonamides is 1. The molecule has 11 nitrogen and oxygen atoms in total. The molecule has 0 radical (unpaired) electrons. The molecule has 2 aliphatic carbocycles. The molecule has 4 aliphatic rings. The lowest BCUT2D eigenvalue weighted by Crippen LogP contribution is -2.56. The number of rotatable bonds is 7. The van der Waals surface area contributed by atoms with Gasteiger partial charge >= 0.3 is 0 Å². The Hall–Kier alpha value is -3.67. The van der Waals surface area contributed by atoms with Crippen molar-refractivity contribution in [2.75, 3.05) is 13.7 Å². The maximum Gasteiger partial charge on any atom is 0.259 e. The number of benzene rings is 1. The molecule has 5 atom stereocenters. The molecule has 236 valence electrons. The van der Waals surface area contributed by atoms with E-state index >= 15 is 0 Å². The highest BCUT2D eigenvalue weighted by atomic mass is 32.2. The van der Waals surface area contributed by atoms with Crippen LogP contribution in [-0.4, -0.2) is 72.6 Å². The van der Waals surface area contributed by atoms with Gasteiger partial charge in [-0.15, -0.1) is 0 Å². The van der Waals surface area contributed by atoms with Gasteiger partial charge in [0.1, 0.15) is 23.4 Å². The lowest BCUT2D eigenvalue weighted by atomic mass is 9.94. The summed E-state index contributed by atoms with van der Waals surface area (Å²) in [6.07, 6.45) is 10.3. The number of amides is 3. The minimum atomic E-state index is -3.80. The maximum atomic E-state index is 14.0. The van der Waals surface area contributed by atoms with Crippen molar-refractivity contribution in [1.82, 2.24) is 19.9 Å². The summed E-state index contributed by atoms with van der Waals surface area (Å²) in [5.41, 5.74) is -1.38. The van der Waals surface area contributed by atoms with Crippen LogP contribution in [0.2, 0.25) is 0 Å². The zero-order valence-corrected chi connectivity index (χ0v) is 26.0. The number of fused-ring (bicyclic) bond motifs is 3. The number of carbonyl (C=O) groups excluding carboxylic acids is 3. The Kier molecular flexibility index (Phi) is 8.29. The van der Waals surface area contributed by atoms with Crippen LogP contribution >= 0.6 is 0 Å². The number of nitrogens with one attached hydrogen (secondary N) is 2. The minimum Gasteiger partial charge on any atom is -0.496 e. The van der Waals surface area contributed by atoms with Crippen molar-refractivity contribution in [1.29, 1.82) is 0 Å². The van der Waals surface area contributed by atoms with E-state index in [9.17, 15) is 22.8 Å². The Morgan fingerprint density at radius 2 is 2.00 bits per heavy atom. The molecule has 1 aromatic carbocycles. The molecule has 1 saturated heterocycles. The molecule has 0 spiro atoms. The van der Waals surface area contributed by atoms with Gasteiger partial charge in [0.25, 0.3) is 5.91 Å². The van der Waals surface area contributed by atoms with Gasteiger partial charge in [0.2, 0.25) is 27.7 Å². The van der Waals surface area contributed by atoms with E-state index in [0.29, 0.717) is 37.3 Å². The van der Waals surface area contributed by atoms with Crippen LogP contribution in [0.3, 0.4) is 0 Å². The Labute approximate surface area is 257 Å². The number of hydrogen-bond acceptors (Lipinski definition) is 8. The molecule has 2 aromatic rings. The zero-order chi connectivity index (χ0) is 31.1. The number of carbonyl (C=O) groups is 3. The second-order valence-electron chi connectivity index (χ2n) is 12.5. The molecule has 12 heteroatoms. The molecule has 0 unspecified atom stereocenters. The standard InChI is InChI=1S/C32H40N4O7S/c1-3-20-8-5-4-6-9-21-18-32(21,31(39)35-44(40,41)23-12-13-23)34-29(38)26-17-22(19-36(26)28(37)16-20)43-30-25-10-7-11-27(42-2)24(25)14-15-33-30/h6-7,9-11,14-15,20-23,26H,3-5,8,12-13,16-19H2,1-2H3,(H,34,38)(H,35,39)/b9-6-/t20-,21-,22-,26+,32-/m1/s1. The van der Waals surface area contributed by atoms with E-state index < -0.39 is 44.8 Å². The Balaban J connectivity index is 1.28. The van der Waals surface area contributed by atoms with Gasteiger partial charge in [-0.25, -0.2) is 13.4 Å². The molecule has 3 amide bonds. The Morgan fingerprint density at radius 3 is 2.75 bits per heavy atom. The molecular weight excluding hydrogens is 584 g/mol. The third kappa shape index (κ3) is 6.00. The fourth-order valence-electron chi connectivity index (χ4n) is 6.55. The molecule has 6 rings (SSSR count). The molecule has 2 aliphatic heterocycles. The van der Waals surface area contributed by atoms with Crippen molar-refractivity contribution < 1.29 is 32.3 Å². The van der Waals surface area contributed by atoms with Gasteiger partial charge < -0.3 is 19.7 Å². The Bertz CT molecular complexity index is 1590. The smallest absolute Gasteiger partial charge is 0.259 e. The summed E-state index contributed by atoms with van der Waals surface area (Å²) >= 11 is 0. The summed E-state index contributed by atoms with van der Waals surface area (Å²) in [4.78, 5) is 47.2. The van der Waals surface area contributed by atoms with Crippen LogP contribution in [0.5, 0.6) is 11.6 Å². The number of ether oxygens (including phenoxy) is 2. The predicted molar refractivity (Wildman–Crippen MR) is 163 cm³/mol. The second-order valence-corrected chi connectivity index (χ2v) is 14.5. The van der Waals surface area contributed by atoms with Gasteiger partial charge in [-0.1, -0.05) is 31.6 Å². The lowest BCUT2D eigenvalue weighted by Gasteiger charge is -2.28. The van der Waals surface area contributed by atoms with Crippen molar-refractivity contribution in [3.05, 3.63) is 42.6 Å². The highest BCUT2D eigenvalue weighted by Gasteiger charge is 2.62. The molecule has 0 bridgehead atoms. The zero-order valence-electron chi connectivity index (χ0n) is 25.2. The van der Waals surface area contributed by atoms with Crippen LogP contribution in [-0.2, 0) is 24.4 Å². The number of allylic oxidation sites excluding steroid dienone is 1. The molecular formula is C32H40N4O7S. The van der Waals surface area contributed by atoms with Gasteiger partial charge in [0.05, 0.1) is 18.9 Å². The average Bonchev–Trinajstić information content (AvgIpc) is 3.93. The first-order valence-electron chi connectivity index (χ1n) is 15.6. The van der Waals surface area contributed by atoms with Crippen LogP contribution in [0.4, 0.5) is 0 Å². The fourth-order valence-corrected chi connectivity index (χ4v) is 7.92. The Morgan fingerprint density at radius 1 is 1.18 bits per heavy atom. The number of pyridine rings is 1. The van der Waals surface area contributed by atoms with Crippen molar-refractivity contribution in [2.24, 2.45) is 11.8 Å². The number of methoxy groups -OCH3 is 1. The summed E-state index contributed by atoms with van der Waals surface area (Å²) in [6.45, 7) is 2.26. The summed E-state index contributed by atoms with van der Waals surface area (Å²) in [7, 11) is -2.21. The van der Waals surface area contributed by atoms with Crippen LogP contribution in [0.1, 0.15) is 64.7 Å². The molecule has 44 heavy (non-hydrogen) atoms. The molecule has 2 saturated carbocycles. The quantitative estimate of drug-likeness (QED) is 0.447. The molecule has 1 aromatic heterocycles. The normalized spacial score (nSPS) is 30.0. The first-order chi connectivity index (χ1) is 21.1. The van der Waals surface area contributed by atoms with Crippen LogP contribution < -0.4 is 19.5 Å². The van der Waals surface area contributed by atoms with E-state index in [1.165, 1.54) is 0 Å². The third-order valence-corrected chi connectivity index (χ3v) is 11.3. The van der Waals surface area contributed by atoms with Crippen molar-refractivity contribution in [3.63, 3.8) is 0 Å². The fraction of sp³-hybridized carbons (Fsp3) is 0.562. The highest BCUT2D eigenvalue weighted by Crippen LogP contribution is 2.46. The van der Waals surface area contributed by atoms with Gasteiger partial charge in [-0.05, 0) is 62.6 Å². The van der Waals surface area contributed by atoms with Gasteiger partial charge in [0.15, 0.2) is 0 Å². The van der Waals surface area contributed by atoms with Gasteiger partial charge in [0, 0.05) is 35.7 Å². The summed E-state index contributed by atoms with van der Waals surface area (Å²) in [5, 5.41) is 3.92. The third-order valence-electron chi connectivity index (χ3n) is 9.47. The minimum absolute atomic E-state index is 0.134. The van der Waals surface area contributed by atoms with Crippen molar-refractivity contribution in [3.8, 4) is 11.6 Å². The largest absolute Gasteiger partial charge is 0.496 e. The molecule has 3 fully saturated rings. The highest BCUT2D eigenvalue weighted by molar-refractivity contribution is 7.91. The van der Waals surface area contributed by atoms with Crippen LogP contribution in [0.25, 0.3) is 10.8 Å². The van der Waals surface area contributed by atoms with E-state index in [4.69, 9.17) is 9.47 Å². The SMILES string of the molecule is CC[C@@H]1CCC/C=C\[C@@H]2C[C@@]2(C(=O)NS(=O)(=O)C2CC2)NC(=O)[C@@H]2C[C@@H](Oc3nccc4c(OC)cccc34)CN2C(=O)C1. The van der Waals surface area contributed by atoms with Crippen molar-refractivity contribution >= 4 is 38.5 Å². The molecule has 3 heterocycles. The number of nitrogens with zero attached hydrogens (tertiary/aromatic N) is 2. The first kappa shape index (κ1) is 30.4. The first-order valence-corrected chi connectivity index (χ1v) is 17.1. The van der Waals surface area contributed by atoms with Crippen LogP contribution in [0, 0.1) is 11.8 Å². The van der Waals surface area contributed by atoms with Gasteiger partial charge in [-0.3, -0.25) is 19.1 Å². The number of aromatic nitrogens is 1. The summed E-state index contributed by atoms with van der Waals surface area (Å²) in [6, 6.07) is 6.54. The van der Waals surface area contributed by atoms with Gasteiger partial charge in [-0.2, -0.15) is 0 Å². The van der Waals surface area contributed by atoms with E-state index in [-0.39, 0.29) is 30.7 Å². The summed E-state index contributed by atoms with van der Waals surface area (Å²) < 4.78 is 39.4. The average molecular weight is 625 g/mol. The lowest BCUT2D eigenvalue weighted by molar-refractivity contribution is -0.140. The van der Waals surface area contributed by atoms with E-state index in [1.807, 2.05) is 36.4 Å². The van der Waals surface area contributed by atoms with Crippen LogP contribution in [0.15, 0.2) is 42.6 Å². The van der Waals surface area contributed by atoms with E-state index in [1.54, 1.807) is 18.2 Å². The second kappa shape index (κ2) is 12.0. The van der Waals surface area contributed by atoms with E-state index in [2.05, 4.69) is 21.9 Å². The maximum absolute atomic E-state index is 14.0. The monoisotopic (exact) mass is 624 g/mol. The number of hydrogen-bond donors (Lipinski definition) is 2. The molecule has 2 N–H and O–H groups in total.